The van der Waals surface area contributed by atoms with Crippen molar-refractivity contribution in [1.29, 1.82) is 0 Å². The molecule has 0 radical (unpaired) electrons. The van der Waals surface area contributed by atoms with Gasteiger partial charge in [0.05, 0.1) is 11.0 Å². The van der Waals surface area contributed by atoms with Gasteiger partial charge in [0.25, 0.3) is 0 Å². The van der Waals surface area contributed by atoms with E-state index in [-0.39, 0.29) is 5.75 Å². The summed E-state index contributed by atoms with van der Waals surface area (Å²) < 4.78 is 50.8. The SMILES string of the molecule is CCS(=O)(=O)Nc1ccc(NS(=O)(=O)C(C)C)cc1. The molecule has 0 bridgehead atoms. The van der Waals surface area contributed by atoms with E-state index >= 15 is 0 Å². The number of anilines is 2. The fraction of sp³-hybridized carbons (Fsp3) is 0.455. The lowest BCUT2D eigenvalue weighted by Crippen LogP contribution is -2.22. The predicted molar refractivity (Wildman–Crippen MR) is 77.2 cm³/mol. The molecule has 2 N–H and O–H groups in total. The molecule has 0 heterocycles. The highest BCUT2D eigenvalue weighted by Gasteiger charge is 2.15. The molecule has 6 nitrogen and oxygen atoms in total. The first-order valence-electron chi connectivity index (χ1n) is 5.78. The zero-order valence-electron chi connectivity index (χ0n) is 11.0. The van der Waals surface area contributed by atoms with Crippen molar-refractivity contribution in [2.24, 2.45) is 0 Å². The largest absolute Gasteiger partial charge is 0.284 e. The summed E-state index contributed by atoms with van der Waals surface area (Å²) in [5.41, 5.74) is 0.794. The fourth-order valence-corrected chi connectivity index (χ4v) is 2.48. The number of hydrogen-bond acceptors (Lipinski definition) is 4. The van der Waals surface area contributed by atoms with Crippen LogP contribution in [-0.4, -0.2) is 27.8 Å². The third-order valence-electron chi connectivity index (χ3n) is 2.42. The molecule has 0 aliphatic carbocycles. The Hall–Kier alpha value is -1.28. The van der Waals surface area contributed by atoms with Gasteiger partial charge in [-0.05, 0) is 45.0 Å². The van der Waals surface area contributed by atoms with Crippen LogP contribution in [0, 0.1) is 0 Å². The Kier molecular flexibility index (Phi) is 4.81. The molecule has 1 aromatic carbocycles. The molecule has 0 fully saturated rings. The van der Waals surface area contributed by atoms with Gasteiger partial charge in [-0.3, -0.25) is 9.44 Å². The van der Waals surface area contributed by atoms with Crippen molar-refractivity contribution in [3.8, 4) is 0 Å². The lowest BCUT2D eigenvalue weighted by atomic mass is 10.3. The van der Waals surface area contributed by atoms with E-state index < -0.39 is 25.3 Å². The Morgan fingerprint density at radius 1 is 0.947 bits per heavy atom. The second kappa shape index (κ2) is 5.79. The molecule has 0 saturated carbocycles. The lowest BCUT2D eigenvalue weighted by Gasteiger charge is -2.11. The average molecular weight is 306 g/mol. The molecule has 1 rings (SSSR count). The van der Waals surface area contributed by atoms with Gasteiger partial charge in [-0.2, -0.15) is 0 Å². The highest BCUT2D eigenvalue weighted by Crippen LogP contribution is 2.17. The van der Waals surface area contributed by atoms with Gasteiger partial charge in [-0.15, -0.1) is 0 Å². The van der Waals surface area contributed by atoms with E-state index in [2.05, 4.69) is 9.44 Å². The zero-order valence-corrected chi connectivity index (χ0v) is 12.7. The fourth-order valence-electron chi connectivity index (χ4n) is 1.14. The standard InChI is InChI=1S/C11H18N2O4S2/c1-4-18(14,15)12-10-5-7-11(8-6-10)13-19(16,17)9(2)3/h5-9,12-13H,4H2,1-3H3. The number of nitrogens with one attached hydrogen (secondary N) is 2. The topological polar surface area (TPSA) is 92.3 Å². The van der Waals surface area contributed by atoms with Gasteiger partial charge in [0.15, 0.2) is 0 Å². The van der Waals surface area contributed by atoms with Crippen LogP contribution >= 0.6 is 0 Å². The molecule has 0 aliphatic heterocycles. The second-order valence-corrected chi connectivity index (χ2v) is 8.53. The zero-order chi connectivity index (χ0) is 14.7. The van der Waals surface area contributed by atoms with Crippen molar-refractivity contribution in [3.05, 3.63) is 24.3 Å². The van der Waals surface area contributed by atoms with E-state index in [1.165, 1.54) is 31.2 Å². The van der Waals surface area contributed by atoms with E-state index in [1.807, 2.05) is 0 Å². The van der Waals surface area contributed by atoms with Crippen LogP contribution in [0.25, 0.3) is 0 Å². The summed E-state index contributed by atoms with van der Waals surface area (Å²) in [6, 6.07) is 6.03. The van der Waals surface area contributed by atoms with Crippen LogP contribution in [-0.2, 0) is 20.0 Å². The van der Waals surface area contributed by atoms with Crippen molar-refractivity contribution >= 4 is 31.4 Å². The quantitative estimate of drug-likeness (QED) is 0.835. The molecule has 8 heteroatoms. The third kappa shape index (κ3) is 4.71. The van der Waals surface area contributed by atoms with Gasteiger partial charge in [-0.25, -0.2) is 16.8 Å². The molecular weight excluding hydrogens is 288 g/mol. The van der Waals surface area contributed by atoms with Gasteiger partial charge >= 0.3 is 0 Å². The average Bonchev–Trinajstić information content (AvgIpc) is 2.31. The van der Waals surface area contributed by atoms with E-state index in [0.29, 0.717) is 11.4 Å². The van der Waals surface area contributed by atoms with Gasteiger partial charge in [0.1, 0.15) is 0 Å². The number of hydrogen-bond donors (Lipinski definition) is 2. The normalized spacial score (nSPS) is 12.4. The van der Waals surface area contributed by atoms with Gasteiger partial charge in [0, 0.05) is 11.4 Å². The van der Waals surface area contributed by atoms with E-state index in [0.717, 1.165) is 0 Å². The maximum absolute atomic E-state index is 11.6. The van der Waals surface area contributed by atoms with Gasteiger partial charge < -0.3 is 0 Å². The maximum Gasteiger partial charge on any atom is 0.235 e. The van der Waals surface area contributed by atoms with E-state index in [9.17, 15) is 16.8 Å². The molecule has 0 aliphatic rings. The lowest BCUT2D eigenvalue weighted by molar-refractivity contribution is 0.592. The third-order valence-corrected chi connectivity index (χ3v) is 5.49. The minimum atomic E-state index is -3.39. The Morgan fingerprint density at radius 3 is 1.74 bits per heavy atom. The molecule has 0 unspecified atom stereocenters. The Balaban J connectivity index is 2.84. The predicted octanol–water partition coefficient (Wildman–Crippen LogP) is 1.60. The molecule has 108 valence electrons. The molecule has 0 atom stereocenters. The molecule has 19 heavy (non-hydrogen) atoms. The summed E-state index contributed by atoms with van der Waals surface area (Å²) in [6.45, 7) is 4.69. The molecular formula is C11H18N2O4S2. The first-order chi connectivity index (χ1) is 8.66. The molecule has 0 amide bonds. The van der Waals surface area contributed by atoms with E-state index in [4.69, 9.17) is 0 Å². The van der Waals surface area contributed by atoms with Crippen LogP contribution in [0.15, 0.2) is 24.3 Å². The second-order valence-electron chi connectivity index (χ2n) is 4.28. The molecule has 0 saturated heterocycles. The summed E-state index contributed by atoms with van der Waals surface area (Å²) in [4.78, 5) is 0. The Bertz CT molecular complexity index is 619. The molecule has 0 spiro atoms. The molecule has 0 aromatic heterocycles. The smallest absolute Gasteiger partial charge is 0.235 e. The minimum absolute atomic E-state index is 0.0191. The summed E-state index contributed by atoms with van der Waals surface area (Å²) in [5, 5.41) is -0.536. The minimum Gasteiger partial charge on any atom is -0.284 e. The van der Waals surface area contributed by atoms with Crippen LogP contribution in [0.1, 0.15) is 20.8 Å². The van der Waals surface area contributed by atoms with Crippen LogP contribution < -0.4 is 9.44 Å². The van der Waals surface area contributed by atoms with Crippen LogP contribution in [0.5, 0.6) is 0 Å². The van der Waals surface area contributed by atoms with E-state index in [1.54, 1.807) is 13.8 Å². The van der Waals surface area contributed by atoms with Crippen molar-refractivity contribution in [2.45, 2.75) is 26.0 Å². The number of benzene rings is 1. The number of rotatable bonds is 6. The summed E-state index contributed by atoms with van der Waals surface area (Å²) in [5.74, 6) is -0.0191. The van der Waals surface area contributed by atoms with Crippen molar-refractivity contribution in [3.63, 3.8) is 0 Å². The monoisotopic (exact) mass is 306 g/mol. The van der Waals surface area contributed by atoms with Crippen LogP contribution in [0.2, 0.25) is 0 Å². The van der Waals surface area contributed by atoms with Crippen molar-refractivity contribution in [2.75, 3.05) is 15.2 Å². The van der Waals surface area contributed by atoms with Crippen molar-refractivity contribution in [1.82, 2.24) is 0 Å². The first-order valence-corrected chi connectivity index (χ1v) is 8.98. The maximum atomic E-state index is 11.6. The summed E-state index contributed by atoms with van der Waals surface area (Å²) in [7, 11) is -6.72. The Labute approximate surface area is 114 Å². The Morgan fingerprint density at radius 2 is 1.37 bits per heavy atom. The number of sulfonamides is 2. The first kappa shape index (κ1) is 15.8. The molecule has 1 aromatic rings. The van der Waals surface area contributed by atoms with Crippen LogP contribution in [0.4, 0.5) is 11.4 Å². The van der Waals surface area contributed by atoms with Crippen molar-refractivity contribution < 1.29 is 16.8 Å². The highest BCUT2D eigenvalue weighted by molar-refractivity contribution is 7.93. The highest BCUT2D eigenvalue weighted by atomic mass is 32.2. The van der Waals surface area contributed by atoms with Gasteiger partial charge in [0.2, 0.25) is 20.0 Å². The van der Waals surface area contributed by atoms with Crippen LogP contribution in [0.3, 0.4) is 0 Å². The summed E-state index contributed by atoms with van der Waals surface area (Å²) >= 11 is 0. The van der Waals surface area contributed by atoms with Gasteiger partial charge in [-0.1, -0.05) is 0 Å². The summed E-state index contributed by atoms with van der Waals surface area (Å²) in [6.07, 6.45) is 0.